The molecule has 1 heterocycles. The molecular formula is C15H23N3O2. The summed E-state index contributed by atoms with van der Waals surface area (Å²) in [6, 6.07) is 6.04. The van der Waals surface area contributed by atoms with Crippen molar-refractivity contribution in [2.24, 2.45) is 16.6 Å². The van der Waals surface area contributed by atoms with E-state index < -0.39 is 0 Å². The Morgan fingerprint density at radius 3 is 2.80 bits per heavy atom. The highest BCUT2D eigenvalue weighted by atomic mass is 16.6. The van der Waals surface area contributed by atoms with Gasteiger partial charge in [0.25, 0.3) is 0 Å². The van der Waals surface area contributed by atoms with Crippen LogP contribution in [-0.2, 0) is 6.42 Å². The average molecular weight is 277 g/mol. The zero-order chi connectivity index (χ0) is 14.4. The first-order chi connectivity index (χ1) is 9.65. The molecular weight excluding hydrogens is 254 g/mol. The summed E-state index contributed by atoms with van der Waals surface area (Å²) in [5.74, 6) is 2.69. The minimum absolute atomic E-state index is 0.510. The third-order valence-electron chi connectivity index (χ3n) is 2.95. The molecule has 0 saturated carbocycles. The van der Waals surface area contributed by atoms with Crippen LogP contribution in [0.3, 0.4) is 0 Å². The lowest BCUT2D eigenvalue weighted by Gasteiger charge is -2.18. The van der Waals surface area contributed by atoms with Crippen molar-refractivity contribution in [3.05, 3.63) is 23.8 Å². The zero-order valence-electron chi connectivity index (χ0n) is 12.2. The molecule has 5 heteroatoms. The number of hydrogen-bond donors (Lipinski definition) is 2. The molecule has 110 valence electrons. The van der Waals surface area contributed by atoms with Crippen LogP contribution in [0.2, 0.25) is 0 Å². The Balaban J connectivity index is 1.81. The van der Waals surface area contributed by atoms with E-state index in [-0.39, 0.29) is 0 Å². The number of nitrogens with two attached hydrogens (primary N) is 1. The maximum absolute atomic E-state index is 5.79. The summed E-state index contributed by atoms with van der Waals surface area (Å²) in [4.78, 5) is 4.26. The third kappa shape index (κ3) is 4.33. The first-order valence-corrected chi connectivity index (χ1v) is 7.07. The zero-order valence-corrected chi connectivity index (χ0v) is 12.2. The summed E-state index contributed by atoms with van der Waals surface area (Å²) in [6.07, 6.45) is 0.870. The fraction of sp³-hybridized carbons (Fsp3) is 0.533. The lowest BCUT2D eigenvalue weighted by molar-refractivity contribution is 0.171. The van der Waals surface area contributed by atoms with Gasteiger partial charge < -0.3 is 20.5 Å². The third-order valence-corrected chi connectivity index (χ3v) is 2.95. The Labute approximate surface area is 120 Å². The predicted octanol–water partition coefficient (Wildman–Crippen LogP) is 1.56. The maximum Gasteiger partial charge on any atom is 0.188 e. The maximum atomic E-state index is 5.79. The van der Waals surface area contributed by atoms with Crippen LogP contribution in [0.5, 0.6) is 11.5 Å². The Bertz CT molecular complexity index is 472. The SMILES string of the molecule is CC(C)CN=C(N)NCCc1ccc2c(c1)OCCO2. The van der Waals surface area contributed by atoms with Crippen LogP contribution >= 0.6 is 0 Å². The average Bonchev–Trinajstić information content (AvgIpc) is 2.45. The van der Waals surface area contributed by atoms with Gasteiger partial charge in [0.15, 0.2) is 17.5 Å². The van der Waals surface area contributed by atoms with E-state index >= 15 is 0 Å². The number of fused-ring (bicyclic) bond motifs is 1. The Morgan fingerprint density at radius 1 is 1.30 bits per heavy atom. The van der Waals surface area contributed by atoms with Crippen LogP contribution in [0.25, 0.3) is 0 Å². The Hall–Kier alpha value is -1.91. The molecule has 2 rings (SSSR count). The summed E-state index contributed by atoms with van der Waals surface area (Å²) in [5.41, 5.74) is 6.98. The van der Waals surface area contributed by atoms with Gasteiger partial charge in [-0.1, -0.05) is 19.9 Å². The first-order valence-electron chi connectivity index (χ1n) is 7.07. The number of nitrogens with zero attached hydrogens (tertiary/aromatic N) is 1. The van der Waals surface area contributed by atoms with E-state index in [0.29, 0.717) is 25.1 Å². The molecule has 0 bridgehead atoms. The van der Waals surface area contributed by atoms with E-state index in [1.54, 1.807) is 0 Å². The second-order valence-electron chi connectivity index (χ2n) is 5.27. The number of nitrogens with one attached hydrogen (secondary N) is 1. The summed E-state index contributed by atoms with van der Waals surface area (Å²) >= 11 is 0. The molecule has 0 radical (unpaired) electrons. The minimum atomic E-state index is 0.510. The van der Waals surface area contributed by atoms with Crippen LogP contribution in [0.4, 0.5) is 0 Å². The van der Waals surface area contributed by atoms with E-state index in [1.165, 1.54) is 5.56 Å². The molecule has 0 atom stereocenters. The van der Waals surface area contributed by atoms with Crippen molar-refractivity contribution in [2.75, 3.05) is 26.3 Å². The molecule has 1 aromatic carbocycles. The van der Waals surface area contributed by atoms with Crippen molar-refractivity contribution in [2.45, 2.75) is 20.3 Å². The molecule has 1 aliphatic heterocycles. The minimum Gasteiger partial charge on any atom is -0.486 e. The van der Waals surface area contributed by atoms with E-state index in [0.717, 1.165) is 31.0 Å². The fourth-order valence-corrected chi connectivity index (χ4v) is 1.92. The number of aliphatic imine (C=N–C) groups is 1. The molecule has 0 fully saturated rings. The van der Waals surface area contributed by atoms with Crippen molar-refractivity contribution >= 4 is 5.96 Å². The van der Waals surface area contributed by atoms with Crippen molar-refractivity contribution in [3.8, 4) is 11.5 Å². The number of benzene rings is 1. The lowest BCUT2D eigenvalue weighted by atomic mass is 10.1. The fourth-order valence-electron chi connectivity index (χ4n) is 1.92. The number of hydrogen-bond acceptors (Lipinski definition) is 3. The smallest absolute Gasteiger partial charge is 0.188 e. The molecule has 0 spiro atoms. The summed E-state index contributed by atoms with van der Waals surface area (Å²) in [5, 5.41) is 3.12. The highest BCUT2D eigenvalue weighted by molar-refractivity contribution is 5.77. The molecule has 1 aliphatic rings. The molecule has 3 N–H and O–H groups in total. The van der Waals surface area contributed by atoms with Gasteiger partial charge >= 0.3 is 0 Å². The second-order valence-corrected chi connectivity index (χ2v) is 5.27. The van der Waals surface area contributed by atoms with Gasteiger partial charge in [-0.3, -0.25) is 4.99 Å². The molecule has 0 amide bonds. The van der Waals surface area contributed by atoms with Gasteiger partial charge in [-0.2, -0.15) is 0 Å². The number of rotatable bonds is 5. The van der Waals surface area contributed by atoms with Gasteiger partial charge in [0.2, 0.25) is 0 Å². The summed E-state index contributed by atoms with van der Waals surface area (Å²) in [7, 11) is 0. The standard InChI is InChI=1S/C15H23N3O2/c1-11(2)10-18-15(16)17-6-5-12-3-4-13-14(9-12)20-8-7-19-13/h3-4,9,11H,5-8,10H2,1-2H3,(H3,16,17,18). The molecule has 0 aromatic heterocycles. The van der Waals surface area contributed by atoms with E-state index in [1.807, 2.05) is 12.1 Å². The molecule has 20 heavy (non-hydrogen) atoms. The van der Waals surface area contributed by atoms with Gasteiger partial charge in [-0.15, -0.1) is 0 Å². The normalized spacial score (nSPS) is 14.4. The number of ether oxygens (including phenoxy) is 2. The van der Waals surface area contributed by atoms with Gasteiger partial charge in [0.1, 0.15) is 13.2 Å². The highest BCUT2D eigenvalue weighted by Crippen LogP contribution is 2.30. The first kappa shape index (κ1) is 14.5. The highest BCUT2D eigenvalue weighted by Gasteiger charge is 2.11. The number of guanidine groups is 1. The summed E-state index contributed by atoms with van der Waals surface area (Å²) in [6.45, 7) is 6.98. The van der Waals surface area contributed by atoms with Crippen molar-refractivity contribution in [1.29, 1.82) is 0 Å². The van der Waals surface area contributed by atoms with E-state index in [2.05, 4.69) is 30.2 Å². The van der Waals surface area contributed by atoms with E-state index in [4.69, 9.17) is 15.2 Å². The van der Waals surface area contributed by atoms with Crippen LogP contribution in [0, 0.1) is 5.92 Å². The van der Waals surface area contributed by atoms with Gasteiger partial charge in [-0.05, 0) is 30.0 Å². The molecule has 1 aromatic rings. The van der Waals surface area contributed by atoms with Crippen molar-refractivity contribution in [3.63, 3.8) is 0 Å². The Kier molecular flexibility index (Phi) is 5.09. The van der Waals surface area contributed by atoms with Gasteiger partial charge in [0.05, 0.1) is 0 Å². The monoisotopic (exact) mass is 277 g/mol. The van der Waals surface area contributed by atoms with E-state index in [9.17, 15) is 0 Å². The summed E-state index contributed by atoms with van der Waals surface area (Å²) < 4.78 is 11.1. The molecule has 0 unspecified atom stereocenters. The molecule has 5 nitrogen and oxygen atoms in total. The molecule has 0 saturated heterocycles. The predicted molar refractivity (Wildman–Crippen MR) is 80.5 cm³/mol. The van der Waals surface area contributed by atoms with Crippen LogP contribution in [-0.4, -0.2) is 32.3 Å². The van der Waals surface area contributed by atoms with Crippen LogP contribution in [0.1, 0.15) is 19.4 Å². The lowest BCUT2D eigenvalue weighted by Crippen LogP contribution is -2.33. The van der Waals surface area contributed by atoms with Crippen molar-refractivity contribution < 1.29 is 9.47 Å². The Morgan fingerprint density at radius 2 is 2.05 bits per heavy atom. The molecule has 0 aliphatic carbocycles. The quantitative estimate of drug-likeness (QED) is 0.633. The van der Waals surface area contributed by atoms with Gasteiger partial charge in [0, 0.05) is 13.1 Å². The largest absolute Gasteiger partial charge is 0.486 e. The van der Waals surface area contributed by atoms with Crippen LogP contribution < -0.4 is 20.5 Å². The van der Waals surface area contributed by atoms with Crippen molar-refractivity contribution in [1.82, 2.24) is 5.32 Å². The second kappa shape index (κ2) is 7.03. The van der Waals surface area contributed by atoms with Crippen LogP contribution in [0.15, 0.2) is 23.2 Å². The topological polar surface area (TPSA) is 68.9 Å². The van der Waals surface area contributed by atoms with Gasteiger partial charge in [-0.25, -0.2) is 0 Å².